The van der Waals surface area contributed by atoms with Crippen LogP contribution in [0.25, 0.3) is 0 Å². The van der Waals surface area contributed by atoms with Crippen molar-refractivity contribution in [3.63, 3.8) is 0 Å². The number of halogens is 2. The van der Waals surface area contributed by atoms with Crippen molar-refractivity contribution in [2.45, 2.75) is 6.42 Å². The lowest BCUT2D eigenvalue weighted by atomic mass is 10.3. The van der Waals surface area contributed by atoms with Gasteiger partial charge in [0.05, 0.1) is 10.0 Å². The Morgan fingerprint density at radius 3 is 2.67 bits per heavy atom. The minimum Gasteiger partial charge on any atom is -0.385 e. The Hall–Kier alpha value is -1.56. The van der Waals surface area contributed by atoms with Crippen LogP contribution in [0.3, 0.4) is 0 Å². The lowest BCUT2D eigenvalue weighted by Gasteiger charge is -2.09. The van der Waals surface area contributed by atoms with E-state index in [9.17, 15) is 0 Å². The van der Waals surface area contributed by atoms with Crippen LogP contribution in [-0.2, 0) is 4.74 Å². The van der Waals surface area contributed by atoms with Crippen molar-refractivity contribution in [2.24, 2.45) is 0 Å². The van der Waals surface area contributed by atoms with Crippen LogP contribution in [0, 0.1) is 0 Å². The van der Waals surface area contributed by atoms with Gasteiger partial charge in [0.1, 0.15) is 18.0 Å². The predicted octanol–water partition coefficient (Wildman–Crippen LogP) is 3.98. The average Bonchev–Trinajstić information content (AvgIpc) is 2.48. The zero-order chi connectivity index (χ0) is 15.1. The van der Waals surface area contributed by atoms with E-state index in [2.05, 4.69) is 20.6 Å². The molecule has 0 aliphatic rings. The highest BCUT2D eigenvalue weighted by Gasteiger charge is 2.02. The van der Waals surface area contributed by atoms with E-state index in [1.165, 1.54) is 6.33 Å². The standard InChI is InChI=1S/C14H16Cl2N4O/c1-21-6-2-5-17-13-8-14(19-9-18-13)20-10-3-4-11(15)12(16)7-10/h3-4,7-9H,2,5-6H2,1H3,(H2,17,18,19,20). The van der Waals surface area contributed by atoms with Gasteiger partial charge in [0.25, 0.3) is 0 Å². The maximum Gasteiger partial charge on any atom is 0.135 e. The second-order valence-corrected chi connectivity index (χ2v) is 5.13. The van der Waals surface area contributed by atoms with E-state index < -0.39 is 0 Å². The number of anilines is 3. The molecule has 0 aliphatic carbocycles. The van der Waals surface area contributed by atoms with Crippen molar-refractivity contribution in [1.29, 1.82) is 0 Å². The summed E-state index contributed by atoms with van der Waals surface area (Å²) in [7, 11) is 1.68. The van der Waals surface area contributed by atoms with Gasteiger partial charge in [-0.05, 0) is 24.6 Å². The first-order valence-electron chi connectivity index (χ1n) is 6.46. The molecule has 0 unspecified atom stereocenters. The van der Waals surface area contributed by atoms with Gasteiger partial charge in [0.2, 0.25) is 0 Å². The highest BCUT2D eigenvalue weighted by Crippen LogP contribution is 2.26. The molecule has 7 heteroatoms. The molecule has 0 amide bonds. The molecule has 5 nitrogen and oxygen atoms in total. The van der Waals surface area contributed by atoms with Gasteiger partial charge in [-0.1, -0.05) is 23.2 Å². The van der Waals surface area contributed by atoms with Crippen molar-refractivity contribution in [1.82, 2.24) is 9.97 Å². The van der Waals surface area contributed by atoms with Crippen LogP contribution in [0.15, 0.2) is 30.6 Å². The fourth-order valence-electron chi connectivity index (χ4n) is 1.68. The van der Waals surface area contributed by atoms with Crippen molar-refractivity contribution in [3.8, 4) is 0 Å². The lowest BCUT2D eigenvalue weighted by Crippen LogP contribution is -2.06. The fraction of sp³-hybridized carbons (Fsp3) is 0.286. The number of ether oxygens (including phenoxy) is 1. The van der Waals surface area contributed by atoms with E-state index in [0.29, 0.717) is 22.5 Å². The van der Waals surface area contributed by atoms with Gasteiger partial charge in [0.15, 0.2) is 0 Å². The highest BCUT2D eigenvalue weighted by atomic mass is 35.5. The number of methoxy groups -OCH3 is 1. The van der Waals surface area contributed by atoms with Gasteiger partial charge in [-0.3, -0.25) is 0 Å². The van der Waals surface area contributed by atoms with E-state index >= 15 is 0 Å². The maximum atomic E-state index is 5.98. The molecule has 0 fully saturated rings. The minimum atomic E-state index is 0.494. The Morgan fingerprint density at radius 2 is 1.90 bits per heavy atom. The van der Waals surface area contributed by atoms with Crippen molar-refractivity contribution >= 4 is 40.5 Å². The molecule has 0 spiro atoms. The topological polar surface area (TPSA) is 59.1 Å². The Labute approximate surface area is 133 Å². The number of hydrogen-bond acceptors (Lipinski definition) is 5. The van der Waals surface area contributed by atoms with Crippen molar-refractivity contribution in [2.75, 3.05) is 30.9 Å². The molecule has 0 atom stereocenters. The van der Waals surface area contributed by atoms with Gasteiger partial charge in [-0.25, -0.2) is 9.97 Å². The molecule has 0 radical (unpaired) electrons. The largest absolute Gasteiger partial charge is 0.385 e. The van der Waals surface area contributed by atoms with Crippen LogP contribution < -0.4 is 10.6 Å². The molecule has 0 aliphatic heterocycles. The Kier molecular flexibility index (Phi) is 6.04. The van der Waals surface area contributed by atoms with Crippen molar-refractivity contribution < 1.29 is 4.74 Å². The highest BCUT2D eigenvalue weighted by molar-refractivity contribution is 6.42. The normalized spacial score (nSPS) is 10.4. The number of aromatic nitrogens is 2. The molecular weight excluding hydrogens is 311 g/mol. The maximum absolute atomic E-state index is 5.98. The second-order valence-electron chi connectivity index (χ2n) is 4.32. The van der Waals surface area contributed by atoms with Crippen molar-refractivity contribution in [3.05, 3.63) is 40.6 Å². The Morgan fingerprint density at radius 1 is 1.10 bits per heavy atom. The smallest absolute Gasteiger partial charge is 0.135 e. The summed E-state index contributed by atoms with van der Waals surface area (Å²) >= 11 is 11.9. The van der Waals surface area contributed by atoms with E-state index in [1.807, 2.05) is 12.1 Å². The third kappa shape index (κ3) is 5.04. The van der Waals surface area contributed by atoms with Crippen LogP contribution >= 0.6 is 23.2 Å². The lowest BCUT2D eigenvalue weighted by molar-refractivity contribution is 0.198. The van der Waals surface area contributed by atoms with Gasteiger partial charge in [0, 0.05) is 32.0 Å². The van der Waals surface area contributed by atoms with Crippen LogP contribution in [0.5, 0.6) is 0 Å². The van der Waals surface area contributed by atoms with Crippen LogP contribution in [0.4, 0.5) is 17.3 Å². The van der Waals surface area contributed by atoms with E-state index in [4.69, 9.17) is 27.9 Å². The summed E-state index contributed by atoms with van der Waals surface area (Å²) in [6.07, 6.45) is 2.41. The summed E-state index contributed by atoms with van der Waals surface area (Å²) in [6.45, 7) is 1.50. The van der Waals surface area contributed by atoms with Gasteiger partial charge < -0.3 is 15.4 Å². The molecule has 0 saturated carbocycles. The monoisotopic (exact) mass is 326 g/mol. The van der Waals surface area contributed by atoms with Gasteiger partial charge >= 0.3 is 0 Å². The summed E-state index contributed by atoms with van der Waals surface area (Å²) in [6, 6.07) is 7.15. The number of hydrogen-bond donors (Lipinski definition) is 2. The molecule has 2 N–H and O–H groups in total. The number of nitrogens with one attached hydrogen (secondary N) is 2. The molecule has 1 aromatic carbocycles. The molecule has 1 aromatic heterocycles. The van der Waals surface area contributed by atoms with E-state index in [0.717, 1.165) is 24.5 Å². The zero-order valence-electron chi connectivity index (χ0n) is 11.6. The molecule has 2 aromatic rings. The van der Waals surface area contributed by atoms with E-state index in [1.54, 1.807) is 19.2 Å². The number of nitrogens with zero attached hydrogens (tertiary/aromatic N) is 2. The molecular formula is C14H16Cl2N4O. The van der Waals surface area contributed by atoms with Crippen LogP contribution in [-0.4, -0.2) is 30.2 Å². The number of benzene rings is 1. The molecule has 2 rings (SSSR count). The minimum absolute atomic E-state index is 0.494. The quantitative estimate of drug-likeness (QED) is 0.754. The third-order valence-electron chi connectivity index (χ3n) is 2.69. The Balaban J connectivity index is 1.98. The summed E-state index contributed by atoms with van der Waals surface area (Å²) in [5.41, 5.74) is 0.813. The molecule has 0 bridgehead atoms. The first-order chi connectivity index (χ1) is 10.2. The molecule has 0 saturated heterocycles. The predicted molar refractivity (Wildman–Crippen MR) is 86.8 cm³/mol. The summed E-state index contributed by atoms with van der Waals surface area (Å²) in [5.74, 6) is 1.43. The zero-order valence-corrected chi connectivity index (χ0v) is 13.1. The van der Waals surface area contributed by atoms with Gasteiger partial charge in [-0.15, -0.1) is 0 Å². The van der Waals surface area contributed by atoms with Crippen LogP contribution in [0.1, 0.15) is 6.42 Å². The fourth-order valence-corrected chi connectivity index (χ4v) is 1.98. The Bertz CT molecular complexity index is 595. The molecule has 21 heavy (non-hydrogen) atoms. The first kappa shape index (κ1) is 15.8. The summed E-state index contributed by atoms with van der Waals surface area (Å²) in [4.78, 5) is 8.33. The summed E-state index contributed by atoms with van der Waals surface area (Å²) in [5, 5.41) is 7.38. The third-order valence-corrected chi connectivity index (χ3v) is 3.43. The summed E-state index contributed by atoms with van der Waals surface area (Å²) < 4.78 is 4.99. The van der Waals surface area contributed by atoms with E-state index in [-0.39, 0.29) is 0 Å². The molecule has 112 valence electrons. The average molecular weight is 327 g/mol. The SMILES string of the molecule is COCCCNc1cc(Nc2ccc(Cl)c(Cl)c2)ncn1. The van der Waals surface area contributed by atoms with Gasteiger partial charge in [-0.2, -0.15) is 0 Å². The van der Waals surface area contributed by atoms with Crippen LogP contribution in [0.2, 0.25) is 10.0 Å². The molecule has 1 heterocycles. The second kappa shape index (κ2) is 8.02. The first-order valence-corrected chi connectivity index (χ1v) is 7.21. The number of rotatable bonds is 7.